The first-order valence-electron chi connectivity index (χ1n) is 11.2. The summed E-state index contributed by atoms with van der Waals surface area (Å²) < 4.78 is 13.3. The number of carbonyl (C=O) groups is 2. The number of rotatable bonds is 7. The number of amides is 3. The first-order valence-corrected chi connectivity index (χ1v) is 11.2. The number of urea groups is 1. The number of carbonyl (C=O) groups excluding carboxylic acids is 2. The van der Waals surface area contributed by atoms with Crippen LogP contribution in [0.15, 0.2) is 54.6 Å². The Bertz CT molecular complexity index is 1160. The Kier molecular flexibility index (Phi) is 7.12. The lowest BCUT2D eigenvalue weighted by Crippen LogP contribution is -2.47. The molecule has 0 bridgehead atoms. The maximum Gasteiger partial charge on any atom is 0.321 e. The molecule has 9 heteroatoms. The fourth-order valence-corrected chi connectivity index (χ4v) is 3.88. The van der Waals surface area contributed by atoms with Gasteiger partial charge in [-0.05, 0) is 45.2 Å². The summed E-state index contributed by atoms with van der Waals surface area (Å²) in [6.45, 7) is 5.12. The summed E-state index contributed by atoms with van der Waals surface area (Å²) >= 11 is 0. The second kappa shape index (κ2) is 10.4. The molecule has 0 saturated heterocycles. The van der Waals surface area contributed by atoms with Crippen molar-refractivity contribution in [1.29, 1.82) is 0 Å². The third kappa shape index (κ3) is 5.55. The smallest absolute Gasteiger partial charge is 0.321 e. The summed E-state index contributed by atoms with van der Waals surface area (Å²) in [7, 11) is 1.83. The Balaban J connectivity index is 1.24. The Hall–Kier alpha value is -3.85. The zero-order valence-electron chi connectivity index (χ0n) is 19.6. The van der Waals surface area contributed by atoms with Crippen LogP contribution in [0.3, 0.4) is 0 Å². The SMILES string of the molecule is Cc1nn(-c2ccccc2)c(C)c1CN(C)CC(=O)NC(=O)NCC1COc2ccccc2O1. The molecule has 1 aromatic heterocycles. The number of nitrogens with zero attached hydrogens (tertiary/aromatic N) is 3. The highest BCUT2D eigenvalue weighted by Crippen LogP contribution is 2.30. The van der Waals surface area contributed by atoms with Crippen molar-refractivity contribution in [3.05, 3.63) is 71.5 Å². The van der Waals surface area contributed by atoms with Gasteiger partial charge in [0.05, 0.1) is 24.5 Å². The van der Waals surface area contributed by atoms with E-state index < -0.39 is 11.9 Å². The average molecular weight is 464 g/mol. The summed E-state index contributed by atoms with van der Waals surface area (Å²) in [4.78, 5) is 26.4. The number of imide groups is 1. The predicted octanol–water partition coefficient (Wildman–Crippen LogP) is 2.59. The molecule has 3 aromatic rings. The van der Waals surface area contributed by atoms with Crippen molar-refractivity contribution >= 4 is 11.9 Å². The lowest BCUT2D eigenvalue weighted by Gasteiger charge is -2.26. The van der Waals surface area contributed by atoms with Crippen LogP contribution in [-0.4, -0.2) is 59.5 Å². The van der Waals surface area contributed by atoms with E-state index in [9.17, 15) is 9.59 Å². The highest BCUT2D eigenvalue weighted by atomic mass is 16.6. The monoisotopic (exact) mass is 463 g/mol. The summed E-state index contributed by atoms with van der Waals surface area (Å²) in [5.41, 5.74) is 3.97. The molecule has 2 heterocycles. The van der Waals surface area contributed by atoms with Gasteiger partial charge in [0.1, 0.15) is 6.61 Å². The minimum Gasteiger partial charge on any atom is -0.486 e. The number of hydrogen-bond acceptors (Lipinski definition) is 6. The number of ether oxygens (including phenoxy) is 2. The van der Waals surface area contributed by atoms with E-state index in [1.165, 1.54) is 0 Å². The summed E-state index contributed by atoms with van der Waals surface area (Å²) in [5, 5.41) is 9.68. The molecule has 9 nitrogen and oxygen atoms in total. The number of hydrogen-bond donors (Lipinski definition) is 2. The highest BCUT2D eigenvalue weighted by Gasteiger charge is 2.22. The average Bonchev–Trinajstić information content (AvgIpc) is 3.11. The van der Waals surface area contributed by atoms with Crippen LogP contribution in [0, 0.1) is 13.8 Å². The molecule has 2 N–H and O–H groups in total. The molecule has 1 atom stereocenters. The molecule has 178 valence electrons. The van der Waals surface area contributed by atoms with Crippen LogP contribution >= 0.6 is 0 Å². The van der Waals surface area contributed by atoms with E-state index in [1.54, 1.807) is 0 Å². The first-order chi connectivity index (χ1) is 16.4. The van der Waals surface area contributed by atoms with Crippen molar-refractivity contribution in [3.8, 4) is 17.2 Å². The maximum absolute atomic E-state index is 12.4. The van der Waals surface area contributed by atoms with Crippen LogP contribution in [0.25, 0.3) is 5.69 Å². The van der Waals surface area contributed by atoms with Crippen LogP contribution < -0.4 is 20.1 Å². The van der Waals surface area contributed by atoms with E-state index in [0.29, 0.717) is 24.7 Å². The largest absolute Gasteiger partial charge is 0.486 e. The van der Waals surface area contributed by atoms with E-state index >= 15 is 0 Å². The van der Waals surface area contributed by atoms with Crippen LogP contribution in [-0.2, 0) is 11.3 Å². The molecule has 1 aliphatic rings. The normalized spacial score (nSPS) is 14.6. The van der Waals surface area contributed by atoms with Gasteiger partial charge in [0.25, 0.3) is 0 Å². The maximum atomic E-state index is 12.4. The fraction of sp³-hybridized carbons (Fsp3) is 0.320. The number of fused-ring (bicyclic) bond motifs is 1. The van der Waals surface area contributed by atoms with E-state index in [0.717, 1.165) is 22.6 Å². The van der Waals surface area contributed by atoms with Gasteiger partial charge in [0.15, 0.2) is 17.6 Å². The van der Waals surface area contributed by atoms with Crippen molar-refractivity contribution in [3.63, 3.8) is 0 Å². The summed E-state index contributed by atoms with van der Waals surface area (Å²) in [6, 6.07) is 16.7. The number of aryl methyl sites for hydroxylation is 1. The molecule has 0 saturated carbocycles. The third-order valence-corrected chi connectivity index (χ3v) is 5.59. The van der Waals surface area contributed by atoms with Gasteiger partial charge in [-0.3, -0.25) is 15.0 Å². The minimum atomic E-state index is -0.565. The zero-order chi connectivity index (χ0) is 24.1. The lowest BCUT2D eigenvalue weighted by molar-refractivity contribution is -0.121. The molecule has 34 heavy (non-hydrogen) atoms. The predicted molar refractivity (Wildman–Crippen MR) is 127 cm³/mol. The number of aromatic nitrogens is 2. The van der Waals surface area contributed by atoms with Crippen LogP contribution in [0.2, 0.25) is 0 Å². The molecule has 0 radical (unpaired) electrons. The number of likely N-dealkylation sites (N-methyl/N-ethyl adjacent to an activating group) is 1. The Morgan fingerprint density at radius 3 is 2.56 bits per heavy atom. The van der Waals surface area contributed by atoms with Crippen LogP contribution in [0.5, 0.6) is 11.5 Å². The number of benzene rings is 2. The zero-order valence-corrected chi connectivity index (χ0v) is 19.6. The van der Waals surface area contributed by atoms with Crippen LogP contribution in [0.1, 0.15) is 17.0 Å². The van der Waals surface area contributed by atoms with Gasteiger partial charge in [-0.2, -0.15) is 5.10 Å². The molecule has 0 aliphatic carbocycles. The fourth-order valence-electron chi connectivity index (χ4n) is 3.88. The Morgan fingerprint density at radius 2 is 1.79 bits per heavy atom. The van der Waals surface area contributed by atoms with Crippen LogP contribution in [0.4, 0.5) is 4.79 Å². The van der Waals surface area contributed by atoms with Gasteiger partial charge in [-0.1, -0.05) is 30.3 Å². The Labute approximate surface area is 198 Å². The standard InChI is InChI=1S/C25H29N5O4/c1-17-21(18(2)30(28-17)19-9-5-4-6-10-19)14-29(3)15-24(31)27-25(32)26-13-20-16-33-22-11-7-8-12-23(22)34-20/h4-12,20H,13-16H2,1-3H3,(H2,26,27,31,32). The van der Waals surface area contributed by atoms with E-state index in [2.05, 4.69) is 15.7 Å². The van der Waals surface area contributed by atoms with Gasteiger partial charge < -0.3 is 14.8 Å². The number of para-hydroxylation sites is 3. The quantitative estimate of drug-likeness (QED) is 0.559. The molecule has 0 spiro atoms. The van der Waals surface area contributed by atoms with Gasteiger partial charge in [0, 0.05) is 17.8 Å². The number of nitrogens with one attached hydrogen (secondary N) is 2. The summed E-state index contributed by atoms with van der Waals surface area (Å²) in [5.74, 6) is 0.929. The molecule has 1 unspecified atom stereocenters. The lowest BCUT2D eigenvalue weighted by atomic mass is 10.2. The molecule has 2 aromatic carbocycles. The van der Waals surface area contributed by atoms with E-state index in [-0.39, 0.29) is 19.2 Å². The van der Waals surface area contributed by atoms with E-state index in [4.69, 9.17) is 9.47 Å². The van der Waals surface area contributed by atoms with Crippen molar-refractivity contribution < 1.29 is 19.1 Å². The Morgan fingerprint density at radius 1 is 1.09 bits per heavy atom. The molecule has 0 fully saturated rings. The molecule has 1 aliphatic heterocycles. The van der Waals surface area contributed by atoms with E-state index in [1.807, 2.05) is 85.1 Å². The highest BCUT2D eigenvalue weighted by molar-refractivity contribution is 5.95. The third-order valence-electron chi connectivity index (χ3n) is 5.59. The van der Waals surface area contributed by atoms with Gasteiger partial charge in [0.2, 0.25) is 5.91 Å². The second-order valence-corrected chi connectivity index (χ2v) is 8.32. The van der Waals surface area contributed by atoms with Crippen molar-refractivity contribution in [2.75, 3.05) is 26.7 Å². The van der Waals surface area contributed by atoms with Crippen molar-refractivity contribution in [2.45, 2.75) is 26.5 Å². The van der Waals surface area contributed by atoms with Gasteiger partial charge in [-0.15, -0.1) is 0 Å². The molecular weight excluding hydrogens is 434 g/mol. The molecule has 4 rings (SSSR count). The van der Waals surface area contributed by atoms with Crippen molar-refractivity contribution in [2.24, 2.45) is 0 Å². The first kappa shape index (κ1) is 23.3. The summed E-state index contributed by atoms with van der Waals surface area (Å²) in [6.07, 6.45) is -0.328. The molecule has 3 amide bonds. The van der Waals surface area contributed by atoms with Crippen molar-refractivity contribution in [1.82, 2.24) is 25.3 Å². The minimum absolute atomic E-state index is 0.0687. The second-order valence-electron chi connectivity index (χ2n) is 8.32. The van der Waals surface area contributed by atoms with Gasteiger partial charge >= 0.3 is 6.03 Å². The van der Waals surface area contributed by atoms with Gasteiger partial charge in [-0.25, -0.2) is 9.48 Å². The topological polar surface area (TPSA) is 97.7 Å². The molecular formula is C25H29N5O4.